The fraction of sp³-hybridized carbons (Fsp3) is 0.743. The van der Waals surface area contributed by atoms with E-state index in [9.17, 15) is 14.4 Å². The summed E-state index contributed by atoms with van der Waals surface area (Å²) in [6.07, 6.45) is 14.7. The zero-order valence-corrected chi connectivity index (χ0v) is 27.0. The molecule has 4 fully saturated rings. The number of hydrogen-bond donors (Lipinski definition) is 4. The molecule has 9 heteroatoms. The highest BCUT2D eigenvalue weighted by Gasteiger charge is 2.46. The number of urea groups is 1. The third-order valence-electron chi connectivity index (χ3n) is 10.8. The molecule has 3 atom stereocenters. The Bertz CT molecular complexity index is 1090. The predicted molar refractivity (Wildman–Crippen MR) is 174 cm³/mol. The van der Waals surface area contributed by atoms with Crippen molar-refractivity contribution in [3.05, 3.63) is 35.4 Å². The van der Waals surface area contributed by atoms with Crippen LogP contribution in [-0.4, -0.2) is 78.5 Å². The predicted octanol–water partition coefficient (Wildman–Crippen LogP) is 4.09. The van der Waals surface area contributed by atoms with Gasteiger partial charge in [0.15, 0.2) is 0 Å². The van der Waals surface area contributed by atoms with E-state index >= 15 is 0 Å². The summed E-state index contributed by atoms with van der Waals surface area (Å²) >= 11 is 0. The van der Waals surface area contributed by atoms with Gasteiger partial charge in [-0.15, -0.1) is 0 Å². The smallest absolute Gasteiger partial charge is 0.317 e. The lowest BCUT2D eigenvalue weighted by Crippen LogP contribution is -2.61. The summed E-state index contributed by atoms with van der Waals surface area (Å²) < 4.78 is 0. The van der Waals surface area contributed by atoms with Crippen molar-refractivity contribution in [2.75, 3.05) is 32.7 Å². The molecule has 2 aliphatic carbocycles. The van der Waals surface area contributed by atoms with Gasteiger partial charge in [-0.3, -0.25) is 9.59 Å². The van der Waals surface area contributed by atoms with Crippen molar-refractivity contribution in [2.45, 2.75) is 121 Å². The second-order valence-corrected chi connectivity index (χ2v) is 13.9. The lowest BCUT2D eigenvalue weighted by Gasteiger charge is -2.41. The van der Waals surface area contributed by atoms with Crippen LogP contribution in [0.3, 0.4) is 0 Å². The molecule has 5 rings (SSSR count). The maximum atomic E-state index is 14.0. The number of likely N-dealkylation sites (tertiary alicyclic amines) is 2. The van der Waals surface area contributed by atoms with E-state index in [0.29, 0.717) is 44.1 Å². The number of nitrogens with zero attached hydrogens (tertiary/aromatic N) is 2. The number of rotatable bonds is 12. The Morgan fingerprint density at radius 3 is 2.27 bits per heavy atom. The monoisotopic (exact) mass is 608 g/mol. The summed E-state index contributed by atoms with van der Waals surface area (Å²) in [5.74, 6) is -0.538. The van der Waals surface area contributed by atoms with Gasteiger partial charge in [0.05, 0.1) is 12.0 Å². The molecule has 2 saturated heterocycles. The van der Waals surface area contributed by atoms with Crippen molar-refractivity contribution >= 4 is 17.8 Å². The van der Waals surface area contributed by atoms with Crippen molar-refractivity contribution in [3.8, 4) is 0 Å². The molecule has 0 unspecified atom stereocenters. The Morgan fingerprint density at radius 2 is 1.61 bits per heavy atom. The molecule has 2 heterocycles. The van der Waals surface area contributed by atoms with E-state index in [1.165, 1.54) is 37.7 Å². The van der Waals surface area contributed by atoms with Crippen LogP contribution >= 0.6 is 0 Å². The van der Waals surface area contributed by atoms with E-state index in [1.54, 1.807) is 0 Å². The van der Waals surface area contributed by atoms with Crippen molar-refractivity contribution < 1.29 is 14.4 Å². The van der Waals surface area contributed by atoms with Crippen LogP contribution < -0.4 is 21.7 Å². The number of carbonyl (C=O) groups is 3. The molecule has 1 aromatic rings. The third-order valence-corrected chi connectivity index (χ3v) is 10.8. The fourth-order valence-corrected chi connectivity index (χ4v) is 7.46. The Labute approximate surface area is 264 Å². The number of nitrogens with one attached hydrogen (secondary N) is 3. The molecular formula is C35H56N6O3. The highest BCUT2D eigenvalue weighted by molar-refractivity contribution is 5.85. The number of piperidine rings is 2. The molecule has 4 aliphatic rings. The van der Waals surface area contributed by atoms with Crippen molar-refractivity contribution in [1.29, 1.82) is 0 Å². The standard InChI is InChI=1S/C35H56N6O3/c1-2-26-11-13-27(14-12-26)24-37-32(42)29-25-41(33(43)31(10-6-7-20-36)38-28-8-4-3-5-9-28)21-15-30(29)39-34(44)40-22-18-35(16-17-35)19-23-40/h11-14,28-31,38H,2-10,15-25,36H2,1H3,(H,37,42)(H,39,44)/t29-,30+,31+/m0/s1. The zero-order valence-electron chi connectivity index (χ0n) is 27.0. The summed E-state index contributed by atoms with van der Waals surface area (Å²) in [6.45, 7) is 5.59. The molecule has 0 radical (unpaired) electrons. The fourth-order valence-electron chi connectivity index (χ4n) is 7.46. The Hall–Kier alpha value is -2.65. The lowest BCUT2D eigenvalue weighted by molar-refractivity contribution is -0.138. The first-order valence-electron chi connectivity index (χ1n) is 17.6. The van der Waals surface area contributed by atoms with Crippen LogP contribution in [0.2, 0.25) is 0 Å². The number of benzene rings is 1. The van der Waals surface area contributed by atoms with Crippen LogP contribution in [0.15, 0.2) is 24.3 Å². The van der Waals surface area contributed by atoms with Crippen LogP contribution in [-0.2, 0) is 22.6 Å². The minimum Gasteiger partial charge on any atom is -0.352 e. The Kier molecular flexibility index (Phi) is 11.6. The van der Waals surface area contributed by atoms with Gasteiger partial charge in [0.1, 0.15) is 0 Å². The quantitative estimate of drug-likeness (QED) is 0.267. The van der Waals surface area contributed by atoms with Gasteiger partial charge in [0.2, 0.25) is 11.8 Å². The molecule has 1 aromatic carbocycles. The van der Waals surface area contributed by atoms with Crippen LogP contribution in [0, 0.1) is 11.3 Å². The van der Waals surface area contributed by atoms with Gasteiger partial charge in [-0.25, -0.2) is 4.79 Å². The minimum absolute atomic E-state index is 0.0724. The average Bonchev–Trinajstić information content (AvgIpc) is 3.82. The van der Waals surface area contributed by atoms with Crippen molar-refractivity contribution in [3.63, 3.8) is 0 Å². The molecule has 0 bridgehead atoms. The van der Waals surface area contributed by atoms with Crippen LogP contribution in [0.4, 0.5) is 4.79 Å². The van der Waals surface area contributed by atoms with E-state index in [2.05, 4.69) is 47.1 Å². The maximum Gasteiger partial charge on any atom is 0.317 e. The molecule has 9 nitrogen and oxygen atoms in total. The number of nitrogens with two attached hydrogens (primary N) is 1. The zero-order chi connectivity index (χ0) is 30.9. The van der Waals surface area contributed by atoms with Crippen LogP contribution in [0.25, 0.3) is 0 Å². The van der Waals surface area contributed by atoms with Crippen LogP contribution in [0.5, 0.6) is 0 Å². The van der Waals surface area contributed by atoms with E-state index in [1.807, 2.05) is 9.80 Å². The highest BCUT2D eigenvalue weighted by Crippen LogP contribution is 2.53. The van der Waals surface area contributed by atoms with Gasteiger partial charge in [0.25, 0.3) is 0 Å². The van der Waals surface area contributed by atoms with Gasteiger partial charge < -0.3 is 31.5 Å². The molecule has 1 spiro atoms. The van der Waals surface area contributed by atoms with Gasteiger partial charge in [-0.2, -0.15) is 0 Å². The van der Waals surface area contributed by atoms with E-state index in [4.69, 9.17) is 5.73 Å². The first kappa shape index (κ1) is 32.7. The van der Waals surface area contributed by atoms with Gasteiger partial charge >= 0.3 is 6.03 Å². The largest absolute Gasteiger partial charge is 0.352 e. The second kappa shape index (κ2) is 15.6. The molecule has 5 N–H and O–H groups in total. The second-order valence-electron chi connectivity index (χ2n) is 13.9. The van der Waals surface area contributed by atoms with Gasteiger partial charge in [-0.05, 0) is 87.3 Å². The first-order valence-corrected chi connectivity index (χ1v) is 17.6. The summed E-state index contributed by atoms with van der Waals surface area (Å²) in [6, 6.07) is 8.02. The number of aryl methyl sites for hydroxylation is 1. The third kappa shape index (κ3) is 8.75. The number of carbonyl (C=O) groups excluding carboxylic acids is 3. The summed E-state index contributed by atoms with van der Waals surface area (Å²) in [5.41, 5.74) is 8.58. The van der Waals surface area contributed by atoms with Crippen LogP contribution in [0.1, 0.15) is 102 Å². The van der Waals surface area contributed by atoms with Crippen molar-refractivity contribution in [2.24, 2.45) is 17.1 Å². The number of hydrogen-bond acceptors (Lipinski definition) is 5. The molecule has 244 valence electrons. The van der Waals surface area contributed by atoms with Gasteiger partial charge in [0, 0.05) is 44.8 Å². The Balaban J connectivity index is 1.25. The molecule has 44 heavy (non-hydrogen) atoms. The number of amides is 4. The summed E-state index contributed by atoms with van der Waals surface area (Å²) in [7, 11) is 0. The SMILES string of the molecule is CCc1ccc(CNC(=O)[C@H]2CN(C(=O)[C@@H](CCCCN)NC3CCCCC3)CC[C@H]2NC(=O)N2CCC3(CC2)CC3)cc1. The topological polar surface area (TPSA) is 120 Å². The summed E-state index contributed by atoms with van der Waals surface area (Å²) in [5, 5.41) is 10.1. The average molecular weight is 609 g/mol. The first-order chi connectivity index (χ1) is 21.4. The molecule has 2 aliphatic heterocycles. The van der Waals surface area contributed by atoms with E-state index in [-0.39, 0.29) is 29.9 Å². The normalized spacial score (nSPS) is 24.1. The molecular weight excluding hydrogens is 552 g/mol. The van der Waals surface area contributed by atoms with E-state index in [0.717, 1.165) is 70.0 Å². The highest BCUT2D eigenvalue weighted by atomic mass is 16.2. The summed E-state index contributed by atoms with van der Waals surface area (Å²) in [4.78, 5) is 45.0. The maximum absolute atomic E-state index is 14.0. The molecule has 0 aromatic heterocycles. The number of unbranched alkanes of at least 4 members (excludes halogenated alkanes) is 1. The minimum atomic E-state index is -0.509. The molecule has 4 amide bonds. The van der Waals surface area contributed by atoms with Crippen molar-refractivity contribution in [1.82, 2.24) is 25.8 Å². The van der Waals surface area contributed by atoms with Gasteiger partial charge in [-0.1, -0.05) is 56.9 Å². The lowest BCUT2D eigenvalue weighted by atomic mass is 9.89. The molecule has 2 saturated carbocycles. The Morgan fingerprint density at radius 1 is 0.909 bits per heavy atom. The van der Waals surface area contributed by atoms with E-state index < -0.39 is 5.92 Å².